The molecule has 0 radical (unpaired) electrons. The molecule has 2 aromatic rings. The zero-order valence-corrected chi connectivity index (χ0v) is 14.6. The lowest BCUT2D eigenvalue weighted by Crippen LogP contribution is -2.32. The molecule has 0 aliphatic rings. The molecule has 1 amide bonds. The first-order valence-electron chi connectivity index (χ1n) is 6.46. The number of anilines is 1. The molecular formula is C14H17BrN4OS. The minimum atomic E-state index is -0.0290. The number of pyridine rings is 1. The highest BCUT2D eigenvalue weighted by Crippen LogP contribution is 2.26. The van der Waals surface area contributed by atoms with E-state index in [1.807, 2.05) is 31.5 Å². The van der Waals surface area contributed by atoms with Gasteiger partial charge in [0.05, 0.1) is 23.8 Å². The van der Waals surface area contributed by atoms with E-state index in [1.165, 1.54) is 0 Å². The summed E-state index contributed by atoms with van der Waals surface area (Å²) < 4.78 is 2.34. The molecule has 21 heavy (non-hydrogen) atoms. The van der Waals surface area contributed by atoms with Gasteiger partial charge in [0.2, 0.25) is 5.91 Å². The van der Waals surface area contributed by atoms with Crippen molar-refractivity contribution in [1.82, 2.24) is 14.8 Å². The van der Waals surface area contributed by atoms with E-state index in [0.717, 1.165) is 17.1 Å². The lowest BCUT2D eigenvalue weighted by molar-refractivity contribution is -0.120. The van der Waals surface area contributed by atoms with Crippen molar-refractivity contribution in [1.29, 1.82) is 0 Å². The number of aromatic nitrogens is 3. The van der Waals surface area contributed by atoms with Crippen molar-refractivity contribution in [3.8, 4) is 5.69 Å². The molecule has 2 aromatic heterocycles. The van der Waals surface area contributed by atoms with Crippen LogP contribution >= 0.6 is 27.7 Å². The van der Waals surface area contributed by atoms with E-state index < -0.39 is 0 Å². The van der Waals surface area contributed by atoms with Crippen molar-refractivity contribution in [2.24, 2.45) is 5.92 Å². The van der Waals surface area contributed by atoms with E-state index in [-0.39, 0.29) is 11.8 Å². The molecule has 5 nitrogen and oxygen atoms in total. The summed E-state index contributed by atoms with van der Waals surface area (Å²) in [5.41, 5.74) is 1.60. The number of rotatable bonds is 5. The second-order valence-electron chi connectivity index (χ2n) is 4.71. The SMILES string of the molecule is CSCC(C)C(=O)N(C)c1cn(-c2cccnc2)nc1Br. The Hall–Kier alpha value is -1.34. The lowest BCUT2D eigenvalue weighted by Gasteiger charge is -2.19. The number of carbonyl (C=O) groups excluding carboxylic acids is 1. The van der Waals surface area contributed by atoms with Crippen LogP contribution in [0.5, 0.6) is 0 Å². The smallest absolute Gasteiger partial charge is 0.230 e. The van der Waals surface area contributed by atoms with E-state index in [2.05, 4.69) is 26.0 Å². The Balaban J connectivity index is 2.25. The number of carbonyl (C=O) groups is 1. The highest BCUT2D eigenvalue weighted by Gasteiger charge is 2.22. The van der Waals surface area contributed by atoms with Gasteiger partial charge in [-0.1, -0.05) is 6.92 Å². The molecule has 2 heterocycles. The van der Waals surface area contributed by atoms with Crippen LogP contribution in [0.25, 0.3) is 5.69 Å². The number of thioether (sulfide) groups is 1. The van der Waals surface area contributed by atoms with Crippen LogP contribution in [0.3, 0.4) is 0 Å². The summed E-state index contributed by atoms with van der Waals surface area (Å²) in [5.74, 6) is 0.854. The summed E-state index contributed by atoms with van der Waals surface area (Å²) in [7, 11) is 1.77. The Bertz CT molecular complexity index is 617. The third-order valence-electron chi connectivity index (χ3n) is 3.09. The summed E-state index contributed by atoms with van der Waals surface area (Å²) in [4.78, 5) is 18.1. The van der Waals surface area contributed by atoms with Crippen LogP contribution in [0.15, 0.2) is 35.3 Å². The van der Waals surface area contributed by atoms with Crippen LogP contribution in [-0.4, -0.2) is 39.7 Å². The molecule has 0 saturated carbocycles. The largest absolute Gasteiger partial charge is 0.311 e. The molecule has 1 unspecified atom stereocenters. The minimum absolute atomic E-state index is 0.0290. The number of halogens is 1. The summed E-state index contributed by atoms with van der Waals surface area (Å²) in [6, 6.07) is 3.76. The van der Waals surface area contributed by atoms with Crippen molar-refractivity contribution in [3.05, 3.63) is 35.3 Å². The molecule has 0 saturated heterocycles. The molecule has 7 heteroatoms. The fourth-order valence-electron chi connectivity index (χ4n) is 1.96. The Labute approximate surface area is 136 Å². The van der Waals surface area contributed by atoms with Crippen LogP contribution in [0.2, 0.25) is 0 Å². The van der Waals surface area contributed by atoms with Crippen molar-refractivity contribution < 1.29 is 4.79 Å². The maximum absolute atomic E-state index is 12.4. The van der Waals surface area contributed by atoms with Gasteiger partial charge >= 0.3 is 0 Å². The van der Waals surface area contributed by atoms with E-state index in [1.54, 1.807) is 40.8 Å². The number of amides is 1. The first kappa shape index (κ1) is 16.0. The summed E-state index contributed by atoms with van der Waals surface area (Å²) in [6.07, 6.45) is 7.26. The topological polar surface area (TPSA) is 51.0 Å². The Morgan fingerprint density at radius 3 is 2.95 bits per heavy atom. The Morgan fingerprint density at radius 1 is 1.57 bits per heavy atom. The average molecular weight is 369 g/mol. The minimum Gasteiger partial charge on any atom is -0.311 e. The molecular weight excluding hydrogens is 352 g/mol. The second-order valence-corrected chi connectivity index (χ2v) is 6.38. The summed E-state index contributed by atoms with van der Waals surface area (Å²) >= 11 is 5.09. The van der Waals surface area contributed by atoms with Crippen LogP contribution in [0.1, 0.15) is 6.92 Å². The number of hydrogen-bond acceptors (Lipinski definition) is 4. The maximum Gasteiger partial charge on any atom is 0.230 e. The maximum atomic E-state index is 12.4. The predicted octanol–water partition coefficient (Wildman–Crippen LogP) is 2.99. The quantitative estimate of drug-likeness (QED) is 0.813. The van der Waals surface area contributed by atoms with Crippen LogP contribution in [0, 0.1) is 5.92 Å². The van der Waals surface area contributed by atoms with Gasteiger partial charge in [-0.15, -0.1) is 0 Å². The highest BCUT2D eigenvalue weighted by molar-refractivity contribution is 9.10. The van der Waals surface area contributed by atoms with Gasteiger partial charge in [-0.2, -0.15) is 16.9 Å². The van der Waals surface area contributed by atoms with Gasteiger partial charge in [0.1, 0.15) is 0 Å². The predicted molar refractivity (Wildman–Crippen MR) is 90.0 cm³/mol. The molecule has 0 N–H and O–H groups in total. The molecule has 0 spiro atoms. The van der Waals surface area contributed by atoms with Crippen LogP contribution in [-0.2, 0) is 4.79 Å². The van der Waals surface area contributed by atoms with Gasteiger partial charge in [0.15, 0.2) is 4.60 Å². The van der Waals surface area contributed by atoms with Crippen molar-refractivity contribution in [2.75, 3.05) is 24.0 Å². The summed E-state index contributed by atoms with van der Waals surface area (Å²) in [5, 5.41) is 4.38. The van der Waals surface area contributed by atoms with Gasteiger partial charge in [-0.3, -0.25) is 9.78 Å². The molecule has 0 aliphatic carbocycles. The van der Waals surface area contributed by atoms with Crippen LogP contribution < -0.4 is 4.90 Å². The van der Waals surface area contributed by atoms with Gasteiger partial charge in [0, 0.05) is 24.9 Å². The van der Waals surface area contributed by atoms with Crippen molar-refractivity contribution in [2.45, 2.75) is 6.92 Å². The van der Waals surface area contributed by atoms with Gasteiger partial charge < -0.3 is 4.90 Å². The Morgan fingerprint density at radius 2 is 2.33 bits per heavy atom. The fourth-order valence-corrected chi connectivity index (χ4v) is 3.14. The average Bonchev–Trinajstić information content (AvgIpc) is 2.89. The molecule has 0 aromatic carbocycles. The normalized spacial score (nSPS) is 12.2. The van der Waals surface area contributed by atoms with Gasteiger partial charge in [0.25, 0.3) is 0 Å². The molecule has 2 rings (SSSR count). The zero-order valence-electron chi connectivity index (χ0n) is 12.2. The fraction of sp³-hybridized carbons (Fsp3) is 0.357. The van der Waals surface area contributed by atoms with E-state index >= 15 is 0 Å². The Kier molecular flexibility index (Phi) is 5.41. The standard InChI is InChI=1S/C14H17BrN4OS/c1-10(9-21-3)14(20)18(2)12-8-19(17-13(12)15)11-5-4-6-16-7-11/h4-8,10H,9H2,1-3H3. The highest BCUT2D eigenvalue weighted by atomic mass is 79.9. The third-order valence-corrected chi connectivity index (χ3v) is 4.49. The zero-order chi connectivity index (χ0) is 15.4. The molecule has 0 fully saturated rings. The van der Waals surface area contributed by atoms with E-state index in [4.69, 9.17) is 0 Å². The third kappa shape index (κ3) is 3.65. The first-order valence-corrected chi connectivity index (χ1v) is 8.65. The van der Waals surface area contributed by atoms with Crippen molar-refractivity contribution in [3.63, 3.8) is 0 Å². The van der Waals surface area contributed by atoms with Crippen molar-refractivity contribution >= 4 is 39.3 Å². The molecule has 112 valence electrons. The lowest BCUT2D eigenvalue weighted by atomic mass is 10.2. The first-order chi connectivity index (χ1) is 10.0. The number of hydrogen-bond donors (Lipinski definition) is 0. The second kappa shape index (κ2) is 7.09. The van der Waals surface area contributed by atoms with Gasteiger partial charge in [-0.25, -0.2) is 4.68 Å². The molecule has 0 bridgehead atoms. The number of nitrogens with zero attached hydrogens (tertiary/aromatic N) is 4. The van der Waals surface area contributed by atoms with E-state index in [9.17, 15) is 4.79 Å². The monoisotopic (exact) mass is 368 g/mol. The van der Waals surface area contributed by atoms with E-state index in [0.29, 0.717) is 4.60 Å². The molecule has 0 aliphatic heterocycles. The molecule has 1 atom stereocenters. The summed E-state index contributed by atoms with van der Waals surface area (Å²) in [6.45, 7) is 1.94. The van der Waals surface area contributed by atoms with Gasteiger partial charge in [-0.05, 0) is 34.3 Å². The van der Waals surface area contributed by atoms with Crippen LogP contribution in [0.4, 0.5) is 5.69 Å².